The summed E-state index contributed by atoms with van der Waals surface area (Å²) in [5, 5.41) is 6.72. The topological polar surface area (TPSA) is 46.9 Å². The van der Waals surface area contributed by atoms with Gasteiger partial charge < -0.3 is 4.57 Å². The largest absolute Gasteiger partial charge is 0.332 e. The molecule has 0 radical (unpaired) electrons. The minimum Gasteiger partial charge on any atom is -0.332 e. The molecule has 0 fully saturated rings. The van der Waals surface area contributed by atoms with Crippen LogP contribution in [0.4, 0.5) is 5.13 Å². The van der Waals surface area contributed by atoms with Crippen molar-refractivity contribution in [2.75, 3.05) is 5.32 Å². The monoisotopic (exact) mass is 443 g/mol. The molecule has 4 nitrogen and oxygen atoms in total. The number of allylic oxidation sites excluding steroid dienone is 1. The number of hydrogen-bond acceptors (Lipinski definition) is 3. The van der Waals surface area contributed by atoms with E-state index >= 15 is 0 Å². The van der Waals surface area contributed by atoms with E-state index in [0.29, 0.717) is 23.3 Å². The minimum absolute atomic E-state index is 0.145. The SMILES string of the molecule is C=CCn1c(C(=O)Nc2nc(-c3ccc(CC)cc3)cs2)c(C)c2cc(C(C)C)ccc21. The highest BCUT2D eigenvalue weighted by Gasteiger charge is 2.21. The second kappa shape index (κ2) is 9.13. The Kier molecular flexibility index (Phi) is 6.28. The van der Waals surface area contributed by atoms with Crippen LogP contribution < -0.4 is 5.32 Å². The van der Waals surface area contributed by atoms with Gasteiger partial charge in [0, 0.05) is 28.4 Å². The Labute approximate surface area is 193 Å². The average molecular weight is 444 g/mol. The number of aromatic nitrogens is 2. The predicted molar refractivity (Wildman–Crippen MR) is 136 cm³/mol. The maximum atomic E-state index is 13.3. The molecule has 2 aromatic heterocycles. The van der Waals surface area contributed by atoms with E-state index in [-0.39, 0.29) is 5.91 Å². The van der Waals surface area contributed by atoms with Gasteiger partial charge >= 0.3 is 0 Å². The van der Waals surface area contributed by atoms with E-state index in [1.54, 1.807) is 0 Å². The quantitative estimate of drug-likeness (QED) is 0.307. The van der Waals surface area contributed by atoms with E-state index < -0.39 is 0 Å². The molecule has 4 aromatic rings. The third-order valence-electron chi connectivity index (χ3n) is 5.92. The summed E-state index contributed by atoms with van der Waals surface area (Å²) in [4.78, 5) is 18.0. The first-order chi connectivity index (χ1) is 15.4. The van der Waals surface area contributed by atoms with Gasteiger partial charge in [-0.3, -0.25) is 10.1 Å². The Morgan fingerprint density at radius 1 is 1.22 bits per heavy atom. The zero-order valence-corrected chi connectivity index (χ0v) is 19.9. The summed E-state index contributed by atoms with van der Waals surface area (Å²) >= 11 is 1.44. The Balaban J connectivity index is 1.66. The van der Waals surface area contributed by atoms with Crippen LogP contribution in [-0.2, 0) is 13.0 Å². The van der Waals surface area contributed by atoms with Crippen molar-refractivity contribution in [3.05, 3.63) is 82.9 Å². The predicted octanol–water partition coefficient (Wildman–Crippen LogP) is 7.20. The number of benzene rings is 2. The van der Waals surface area contributed by atoms with Crippen molar-refractivity contribution in [3.63, 3.8) is 0 Å². The summed E-state index contributed by atoms with van der Waals surface area (Å²) in [6.45, 7) is 13.0. The van der Waals surface area contributed by atoms with Crippen molar-refractivity contribution < 1.29 is 4.79 Å². The molecule has 32 heavy (non-hydrogen) atoms. The van der Waals surface area contributed by atoms with Crippen LogP contribution in [0, 0.1) is 6.92 Å². The number of nitrogens with zero attached hydrogens (tertiary/aromatic N) is 2. The van der Waals surface area contributed by atoms with Crippen LogP contribution >= 0.6 is 11.3 Å². The number of fused-ring (bicyclic) bond motifs is 1. The molecule has 0 aliphatic rings. The van der Waals surface area contributed by atoms with Gasteiger partial charge in [-0.2, -0.15) is 0 Å². The number of nitrogens with one attached hydrogen (secondary N) is 1. The third kappa shape index (κ3) is 4.13. The maximum Gasteiger partial charge on any atom is 0.274 e. The van der Waals surface area contributed by atoms with Gasteiger partial charge in [0.2, 0.25) is 0 Å². The average Bonchev–Trinajstić information content (AvgIpc) is 3.36. The lowest BCUT2D eigenvalue weighted by Crippen LogP contribution is -2.18. The van der Waals surface area contributed by atoms with Gasteiger partial charge in [-0.15, -0.1) is 17.9 Å². The van der Waals surface area contributed by atoms with Crippen LogP contribution in [0.2, 0.25) is 0 Å². The molecule has 5 heteroatoms. The molecule has 1 amide bonds. The summed E-state index contributed by atoms with van der Waals surface area (Å²) in [6, 6.07) is 14.9. The lowest BCUT2D eigenvalue weighted by molar-refractivity contribution is 0.101. The first-order valence-electron chi connectivity index (χ1n) is 11.0. The zero-order valence-electron chi connectivity index (χ0n) is 19.1. The molecule has 0 saturated carbocycles. The van der Waals surface area contributed by atoms with Crippen molar-refractivity contribution in [3.8, 4) is 11.3 Å². The molecule has 0 spiro atoms. The zero-order chi connectivity index (χ0) is 22.8. The summed E-state index contributed by atoms with van der Waals surface area (Å²) in [6.07, 6.45) is 2.84. The van der Waals surface area contributed by atoms with E-state index in [0.717, 1.165) is 34.1 Å². The highest BCUT2D eigenvalue weighted by molar-refractivity contribution is 7.14. The molecule has 1 N–H and O–H groups in total. The second-order valence-corrected chi connectivity index (χ2v) is 9.20. The number of carbonyl (C=O) groups excluding carboxylic acids is 1. The van der Waals surface area contributed by atoms with Gasteiger partial charge in [0.15, 0.2) is 5.13 Å². The van der Waals surface area contributed by atoms with Gasteiger partial charge in [-0.05, 0) is 48.1 Å². The van der Waals surface area contributed by atoms with E-state index in [4.69, 9.17) is 0 Å². The van der Waals surface area contributed by atoms with Crippen molar-refractivity contribution in [1.29, 1.82) is 0 Å². The maximum absolute atomic E-state index is 13.3. The minimum atomic E-state index is -0.145. The molecule has 0 bridgehead atoms. The number of thiazole rings is 1. The third-order valence-corrected chi connectivity index (χ3v) is 6.67. The number of anilines is 1. The molecule has 164 valence electrons. The number of carbonyl (C=O) groups is 1. The molecular formula is C27H29N3OS. The number of amides is 1. The second-order valence-electron chi connectivity index (χ2n) is 8.35. The van der Waals surface area contributed by atoms with Crippen molar-refractivity contribution in [1.82, 2.24) is 9.55 Å². The standard InChI is InChI=1S/C27H29N3OS/c1-6-14-30-24-13-12-21(17(3)4)15-22(24)18(5)25(30)26(31)29-27-28-23(16-32-27)20-10-8-19(7-2)9-11-20/h6,8-13,15-17H,1,7,14H2,2-5H3,(H,28,29,31). The van der Waals surface area contributed by atoms with Gasteiger partial charge in [-0.25, -0.2) is 4.98 Å². The van der Waals surface area contributed by atoms with Crippen molar-refractivity contribution in [2.24, 2.45) is 0 Å². The molecule has 0 unspecified atom stereocenters. The van der Waals surface area contributed by atoms with Gasteiger partial charge in [0.05, 0.1) is 5.69 Å². The number of rotatable bonds is 7. The van der Waals surface area contributed by atoms with Gasteiger partial charge in [-0.1, -0.05) is 57.2 Å². The normalized spacial score (nSPS) is 11.3. The Hall–Kier alpha value is -3.18. The first kappa shape index (κ1) is 22.0. The Morgan fingerprint density at radius 2 is 1.97 bits per heavy atom. The van der Waals surface area contributed by atoms with Crippen LogP contribution in [-0.4, -0.2) is 15.5 Å². The molecular weight excluding hydrogens is 414 g/mol. The fraction of sp³-hybridized carbons (Fsp3) is 0.259. The van der Waals surface area contributed by atoms with Gasteiger partial charge in [0.25, 0.3) is 5.91 Å². The van der Waals surface area contributed by atoms with E-state index in [1.807, 2.05) is 22.9 Å². The highest BCUT2D eigenvalue weighted by atomic mass is 32.1. The summed E-state index contributed by atoms with van der Waals surface area (Å²) in [5.41, 5.74) is 7.17. The van der Waals surface area contributed by atoms with E-state index in [9.17, 15) is 4.79 Å². The van der Waals surface area contributed by atoms with Crippen LogP contribution in [0.3, 0.4) is 0 Å². The molecule has 2 heterocycles. The van der Waals surface area contributed by atoms with Crippen molar-refractivity contribution >= 4 is 33.3 Å². The Morgan fingerprint density at radius 3 is 2.62 bits per heavy atom. The molecule has 0 aliphatic carbocycles. The van der Waals surface area contributed by atoms with Crippen LogP contribution in [0.25, 0.3) is 22.2 Å². The highest BCUT2D eigenvalue weighted by Crippen LogP contribution is 2.31. The van der Waals surface area contributed by atoms with Crippen LogP contribution in [0.15, 0.2) is 60.5 Å². The molecule has 0 saturated heterocycles. The lowest BCUT2D eigenvalue weighted by atomic mass is 10.0. The fourth-order valence-corrected chi connectivity index (χ4v) is 4.76. The first-order valence-corrected chi connectivity index (χ1v) is 11.9. The van der Waals surface area contributed by atoms with Crippen LogP contribution in [0.5, 0.6) is 0 Å². The summed E-state index contributed by atoms with van der Waals surface area (Å²) in [5.74, 6) is 0.285. The van der Waals surface area contributed by atoms with Crippen molar-refractivity contribution in [2.45, 2.75) is 46.6 Å². The molecule has 4 rings (SSSR count). The van der Waals surface area contributed by atoms with Gasteiger partial charge in [0.1, 0.15) is 5.69 Å². The number of aryl methyl sites for hydroxylation is 2. The lowest BCUT2D eigenvalue weighted by Gasteiger charge is -2.09. The van der Waals surface area contributed by atoms with Crippen LogP contribution in [0.1, 0.15) is 53.9 Å². The fourth-order valence-electron chi connectivity index (χ4n) is 4.04. The number of hydrogen-bond donors (Lipinski definition) is 1. The summed E-state index contributed by atoms with van der Waals surface area (Å²) in [7, 11) is 0. The van der Waals surface area contributed by atoms with E-state index in [2.05, 4.69) is 80.1 Å². The molecule has 2 aromatic carbocycles. The summed E-state index contributed by atoms with van der Waals surface area (Å²) < 4.78 is 2.04. The molecule has 0 atom stereocenters. The Bertz CT molecular complexity index is 1280. The van der Waals surface area contributed by atoms with E-state index in [1.165, 1.54) is 22.5 Å². The smallest absolute Gasteiger partial charge is 0.274 e. The molecule has 0 aliphatic heterocycles.